The van der Waals surface area contributed by atoms with Crippen molar-refractivity contribution in [2.45, 2.75) is 101 Å². The summed E-state index contributed by atoms with van der Waals surface area (Å²) in [4.78, 5) is 15.4. The van der Waals surface area contributed by atoms with Crippen molar-refractivity contribution < 1.29 is 21.9 Å². The number of carbonyl (C=O) groups excluding carboxylic acids is 1. The van der Waals surface area contributed by atoms with Gasteiger partial charge in [-0.25, -0.2) is 8.42 Å². The Hall–Kier alpha value is -2.85. The van der Waals surface area contributed by atoms with Crippen LogP contribution in [0.3, 0.4) is 0 Å². The number of anilines is 2. The van der Waals surface area contributed by atoms with Gasteiger partial charge in [-0.05, 0) is 85.2 Å². The summed E-state index contributed by atoms with van der Waals surface area (Å²) in [7, 11) is 1.45. The Bertz CT molecular complexity index is 1510. The highest BCUT2D eigenvalue weighted by Gasteiger charge is 2.40. The van der Waals surface area contributed by atoms with Crippen LogP contribution in [-0.2, 0) is 42.0 Å². The molecular formula is C37H52N2O5S2. The van der Waals surface area contributed by atoms with Crippen LogP contribution >= 0.6 is 0 Å². The van der Waals surface area contributed by atoms with Gasteiger partial charge in [-0.3, -0.25) is 8.98 Å². The lowest BCUT2D eigenvalue weighted by Gasteiger charge is -2.27. The van der Waals surface area contributed by atoms with Crippen molar-refractivity contribution in [1.82, 2.24) is 0 Å². The van der Waals surface area contributed by atoms with Crippen LogP contribution in [-0.4, -0.2) is 39.0 Å². The molecule has 0 saturated carbocycles. The monoisotopic (exact) mass is 668 g/mol. The van der Waals surface area contributed by atoms with E-state index in [2.05, 4.69) is 69.1 Å². The number of hydrogen-bond acceptors (Lipinski definition) is 6. The van der Waals surface area contributed by atoms with Gasteiger partial charge in [-0.1, -0.05) is 72.3 Å². The molecule has 0 bridgehead atoms. The van der Waals surface area contributed by atoms with Crippen LogP contribution in [0.2, 0.25) is 0 Å². The molecule has 0 spiro atoms. The molecular weight excluding hydrogens is 617 g/mol. The fourth-order valence-electron chi connectivity index (χ4n) is 5.93. The maximum absolute atomic E-state index is 12.3. The van der Waals surface area contributed by atoms with Crippen molar-refractivity contribution in [3.63, 3.8) is 0 Å². The average Bonchev–Trinajstić information content (AvgIpc) is 3.22. The zero-order chi connectivity index (χ0) is 34.1. The summed E-state index contributed by atoms with van der Waals surface area (Å²) >= 11 is -3.55. The Labute approximate surface area is 281 Å². The SMILES string of the molecule is CCNc1ccc(S(=O)OC)cc1C(C)(C)C/C=C/C=C/C=C1/N(CCCCCC(=O)C(C)C)c2ccc(S(=O)O)cc2C1(C)C. The smallest absolute Gasteiger partial charge is 0.188 e. The average molecular weight is 669 g/mol. The molecule has 0 saturated heterocycles. The van der Waals surface area contributed by atoms with Gasteiger partial charge < -0.3 is 14.8 Å². The summed E-state index contributed by atoms with van der Waals surface area (Å²) in [6, 6.07) is 11.3. The first-order chi connectivity index (χ1) is 21.7. The van der Waals surface area contributed by atoms with Gasteiger partial charge in [0, 0.05) is 47.9 Å². The van der Waals surface area contributed by atoms with E-state index in [1.807, 2.05) is 50.3 Å². The molecule has 3 rings (SSSR count). The van der Waals surface area contributed by atoms with Crippen LogP contribution in [0.25, 0.3) is 0 Å². The van der Waals surface area contributed by atoms with E-state index in [9.17, 15) is 17.8 Å². The number of unbranched alkanes of at least 4 members (excludes halogenated alkanes) is 2. The Kier molecular flexibility index (Phi) is 13.7. The van der Waals surface area contributed by atoms with Gasteiger partial charge in [0.25, 0.3) is 0 Å². The van der Waals surface area contributed by atoms with Crippen LogP contribution < -0.4 is 10.2 Å². The second kappa shape index (κ2) is 16.8. The molecule has 7 nitrogen and oxygen atoms in total. The van der Waals surface area contributed by atoms with Crippen molar-refractivity contribution in [3.05, 3.63) is 83.6 Å². The second-order valence-electron chi connectivity index (χ2n) is 13.2. The van der Waals surface area contributed by atoms with Gasteiger partial charge in [-0.2, -0.15) is 0 Å². The molecule has 1 heterocycles. The first kappa shape index (κ1) is 37.6. The Balaban J connectivity index is 1.79. The highest BCUT2D eigenvalue weighted by Crippen LogP contribution is 2.48. The fraction of sp³-hybridized carbons (Fsp3) is 0.486. The summed E-state index contributed by atoms with van der Waals surface area (Å²) in [6.45, 7) is 16.2. The molecule has 1 aliphatic heterocycles. The van der Waals surface area contributed by atoms with E-state index >= 15 is 0 Å². The molecule has 252 valence electrons. The number of nitrogens with zero attached hydrogens (tertiary/aromatic N) is 1. The summed E-state index contributed by atoms with van der Waals surface area (Å²) in [5.74, 6) is 0.391. The normalized spacial score (nSPS) is 16.9. The van der Waals surface area contributed by atoms with Gasteiger partial charge in [-0.15, -0.1) is 0 Å². The van der Waals surface area contributed by atoms with Crippen molar-refractivity contribution in [2.24, 2.45) is 5.92 Å². The number of ketones is 1. The van der Waals surface area contributed by atoms with Gasteiger partial charge >= 0.3 is 0 Å². The molecule has 0 amide bonds. The zero-order valence-corrected chi connectivity index (χ0v) is 30.4. The number of fused-ring (bicyclic) bond motifs is 1. The molecule has 0 radical (unpaired) electrons. The fourth-order valence-corrected chi connectivity index (χ4v) is 6.92. The number of Topliss-reactive ketones (excluding diaryl/α,β-unsaturated/α-hetero) is 1. The minimum absolute atomic E-state index is 0.0773. The molecule has 1 aliphatic rings. The lowest BCUT2D eigenvalue weighted by Crippen LogP contribution is -2.27. The Morgan fingerprint density at radius 1 is 1.04 bits per heavy atom. The molecule has 0 aliphatic carbocycles. The minimum Gasteiger partial charge on any atom is -0.385 e. The standard InChI is InChI=1S/C37H52N2O5S2/c1-9-38-32-21-19-29(46(43)44-8)26-30(32)36(4,5)23-15-11-10-14-18-35-37(6,7)31-25-28(45(41)42)20-22-33(31)39(35)24-16-12-13-17-34(40)27(2)3/h10-11,14-15,18-22,25-27,38H,9,12-13,16-17,23-24H2,1-8H3,(H,41,42)/b14-10+,15-11+,35-18+. The van der Waals surface area contributed by atoms with Crippen LogP contribution in [0.15, 0.2) is 82.3 Å². The molecule has 2 unspecified atom stereocenters. The van der Waals surface area contributed by atoms with Gasteiger partial charge in [0.2, 0.25) is 0 Å². The van der Waals surface area contributed by atoms with Crippen molar-refractivity contribution >= 4 is 39.3 Å². The first-order valence-corrected chi connectivity index (χ1v) is 18.4. The van der Waals surface area contributed by atoms with E-state index in [0.29, 0.717) is 22.0 Å². The highest BCUT2D eigenvalue weighted by atomic mass is 32.2. The van der Waals surface area contributed by atoms with Crippen LogP contribution in [0, 0.1) is 5.92 Å². The third-order valence-corrected chi connectivity index (χ3v) is 10.3. The molecule has 0 aromatic heterocycles. The van der Waals surface area contributed by atoms with Gasteiger partial charge in [0.05, 0.1) is 16.9 Å². The van der Waals surface area contributed by atoms with E-state index in [1.165, 1.54) is 7.11 Å². The van der Waals surface area contributed by atoms with Gasteiger partial charge in [0.15, 0.2) is 22.2 Å². The highest BCUT2D eigenvalue weighted by molar-refractivity contribution is 7.80. The largest absolute Gasteiger partial charge is 0.385 e. The quantitative estimate of drug-likeness (QED) is 0.0990. The molecule has 2 aromatic rings. The Morgan fingerprint density at radius 3 is 2.41 bits per heavy atom. The van der Waals surface area contributed by atoms with E-state index in [4.69, 9.17) is 4.18 Å². The van der Waals surface area contributed by atoms with E-state index in [-0.39, 0.29) is 16.7 Å². The van der Waals surface area contributed by atoms with Crippen LogP contribution in [0.5, 0.6) is 0 Å². The Morgan fingerprint density at radius 2 is 1.76 bits per heavy atom. The molecule has 0 fully saturated rings. The number of rotatable bonds is 17. The summed E-state index contributed by atoms with van der Waals surface area (Å²) in [5.41, 5.74) is 4.76. The topological polar surface area (TPSA) is 95.9 Å². The molecule has 9 heteroatoms. The third kappa shape index (κ3) is 9.37. The van der Waals surface area contributed by atoms with Gasteiger partial charge in [0.1, 0.15) is 5.78 Å². The van der Waals surface area contributed by atoms with E-state index in [0.717, 1.165) is 67.0 Å². The number of nitrogens with one attached hydrogen (secondary N) is 1. The predicted octanol–water partition coefficient (Wildman–Crippen LogP) is 8.62. The molecule has 46 heavy (non-hydrogen) atoms. The first-order valence-electron chi connectivity index (χ1n) is 16.2. The van der Waals surface area contributed by atoms with Crippen molar-refractivity contribution in [2.75, 3.05) is 30.4 Å². The van der Waals surface area contributed by atoms with Crippen LogP contribution in [0.1, 0.15) is 91.7 Å². The number of allylic oxidation sites excluding steroid dienone is 6. The molecule has 2 aromatic carbocycles. The molecule has 2 N–H and O–H groups in total. The predicted molar refractivity (Wildman–Crippen MR) is 192 cm³/mol. The summed E-state index contributed by atoms with van der Waals surface area (Å²) < 4.78 is 39.0. The number of hydrogen-bond donors (Lipinski definition) is 2. The maximum atomic E-state index is 12.3. The number of benzene rings is 2. The number of carbonyl (C=O) groups is 1. The van der Waals surface area contributed by atoms with Crippen LogP contribution in [0.4, 0.5) is 11.4 Å². The molecule has 2 atom stereocenters. The van der Waals surface area contributed by atoms with Crippen molar-refractivity contribution in [1.29, 1.82) is 0 Å². The summed E-state index contributed by atoms with van der Waals surface area (Å²) in [6.07, 6.45) is 14.6. The van der Waals surface area contributed by atoms with E-state index in [1.54, 1.807) is 6.07 Å². The third-order valence-electron chi connectivity index (χ3n) is 8.69. The van der Waals surface area contributed by atoms with Crippen molar-refractivity contribution in [3.8, 4) is 0 Å². The minimum atomic E-state index is -2.05. The second-order valence-corrected chi connectivity index (χ2v) is 15.5. The lowest BCUT2D eigenvalue weighted by atomic mass is 9.80. The lowest BCUT2D eigenvalue weighted by molar-refractivity contribution is -0.122. The van der Waals surface area contributed by atoms with E-state index < -0.39 is 22.2 Å². The maximum Gasteiger partial charge on any atom is 0.188 e. The zero-order valence-electron chi connectivity index (χ0n) is 28.7. The summed E-state index contributed by atoms with van der Waals surface area (Å²) in [5, 5.41) is 3.43.